The Balaban J connectivity index is 1.53. The molecule has 2 aliphatic rings. The molecule has 1 saturated heterocycles. The van der Waals surface area contributed by atoms with Gasteiger partial charge in [-0.3, -0.25) is 14.9 Å². The summed E-state index contributed by atoms with van der Waals surface area (Å²) in [5.74, 6) is -0.523. The first-order valence-electron chi connectivity index (χ1n) is 9.40. The van der Waals surface area contributed by atoms with Crippen molar-refractivity contribution >= 4 is 35.3 Å². The molecule has 1 N–H and O–H groups in total. The number of amides is 2. The number of nitrogens with zero attached hydrogens (tertiary/aromatic N) is 1. The van der Waals surface area contributed by atoms with E-state index in [9.17, 15) is 9.59 Å². The van der Waals surface area contributed by atoms with E-state index in [1.165, 1.54) is 0 Å². The first-order chi connectivity index (χ1) is 13.6. The number of carbonyl (C=O) groups excluding carboxylic acids is 2. The highest BCUT2D eigenvalue weighted by Gasteiger charge is 2.47. The fourth-order valence-corrected chi connectivity index (χ4v) is 4.82. The van der Waals surface area contributed by atoms with Crippen LogP contribution in [0.5, 0.6) is 0 Å². The minimum Gasteiger partial charge on any atom is -0.341 e. The van der Waals surface area contributed by atoms with Crippen molar-refractivity contribution < 1.29 is 14.3 Å². The van der Waals surface area contributed by atoms with Crippen LogP contribution in [0.25, 0.3) is 6.08 Å². The lowest BCUT2D eigenvalue weighted by molar-refractivity contribution is -0.129. The number of carbonyl (C=O) groups is 2. The number of thioether (sulfide) groups is 1. The SMILES string of the molecule is CCC(=O)NC(=O)Cc1ccc2c(c1)SC1(/C=C/c3ccccc3)OCCN21. The van der Waals surface area contributed by atoms with E-state index in [4.69, 9.17) is 4.74 Å². The molecule has 0 aromatic heterocycles. The zero-order valence-electron chi connectivity index (χ0n) is 15.7. The summed E-state index contributed by atoms with van der Waals surface area (Å²) in [6.45, 7) is 3.23. The van der Waals surface area contributed by atoms with E-state index >= 15 is 0 Å². The van der Waals surface area contributed by atoms with Crippen LogP contribution in [0, 0.1) is 0 Å². The Morgan fingerprint density at radius 1 is 1.21 bits per heavy atom. The molecule has 0 aliphatic carbocycles. The van der Waals surface area contributed by atoms with E-state index in [1.54, 1.807) is 18.7 Å². The minimum atomic E-state index is -0.544. The van der Waals surface area contributed by atoms with Gasteiger partial charge in [0.25, 0.3) is 0 Å². The predicted molar refractivity (Wildman–Crippen MR) is 111 cm³/mol. The van der Waals surface area contributed by atoms with E-state index in [0.29, 0.717) is 13.0 Å². The highest BCUT2D eigenvalue weighted by atomic mass is 32.2. The van der Waals surface area contributed by atoms with Gasteiger partial charge in [0.05, 0.1) is 18.7 Å². The van der Waals surface area contributed by atoms with Crippen LogP contribution in [0.1, 0.15) is 24.5 Å². The Morgan fingerprint density at radius 2 is 2.04 bits per heavy atom. The number of hydrogen-bond donors (Lipinski definition) is 1. The summed E-state index contributed by atoms with van der Waals surface area (Å²) in [5, 5.41) is 1.86. The van der Waals surface area contributed by atoms with Crippen LogP contribution in [0.3, 0.4) is 0 Å². The maximum absolute atomic E-state index is 12.0. The first-order valence-corrected chi connectivity index (χ1v) is 10.2. The van der Waals surface area contributed by atoms with Crippen LogP contribution in [-0.4, -0.2) is 30.0 Å². The molecular formula is C22H22N2O3S. The summed E-state index contributed by atoms with van der Waals surface area (Å²) >= 11 is 1.65. The average molecular weight is 394 g/mol. The van der Waals surface area contributed by atoms with Crippen LogP contribution in [0.4, 0.5) is 5.69 Å². The lowest BCUT2D eigenvalue weighted by Gasteiger charge is -2.27. The van der Waals surface area contributed by atoms with Crippen molar-refractivity contribution in [1.82, 2.24) is 5.32 Å². The second-order valence-corrected chi connectivity index (χ2v) is 8.01. The fraction of sp³-hybridized carbons (Fsp3) is 0.273. The van der Waals surface area contributed by atoms with E-state index in [1.807, 2.05) is 36.4 Å². The maximum atomic E-state index is 12.0. The number of imide groups is 1. The van der Waals surface area contributed by atoms with Crippen LogP contribution in [0.15, 0.2) is 59.5 Å². The third-order valence-electron chi connectivity index (χ3n) is 4.82. The van der Waals surface area contributed by atoms with Gasteiger partial charge in [0, 0.05) is 17.9 Å². The van der Waals surface area contributed by atoms with E-state index < -0.39 is 5.06 Å². The highest BCUT2D eigenvalue weighted by molar-refractivity contribution is 8.01. The molecule has 0 spiro atoms. The van der Waals surface area contributed by atoms with Crippen molar-refractivity contribution in [2.45, 2.75) is 29.7 Å². The zero-order chi connectivity index (χ0) is 19.6. The number of nitrogens with one attached hydrogen (secondary N) is 1. The van der Waals surface area contributed by atoms with Gasteiger partial charge in [-0.25, -0.2) is 0 Å². The summed E-state index contributed by atoms with van der Waals surface area (Å²) < 4.78 is 6.14. The summed E-state index contributed by atoms with van der Waals surface area (Å²) in [5.41, 5.74) is 3.13. The molecule has 1 atom stereocenters. The van der Waals surface area contributed by atoms with Crippen molar-refractivity contribution in [1.29, 1.82) is 0 Å². The van der Waals surface area contributed by atoms with Crippen molar-refractivity contribution in [3.05, 3.63) is 65.7 Å². The lowest BCUT2D eigenvalue weighted by atomic mass is 10.1. The second-order valence-electron chi connectivity index (χ2n) is 6.78. The summed E-state index contributed by atoms with van der Waals surface area (Å²) in [4.78, 5) is 26.8. The molecule has 2 heterocycles. The summed E-state index contributed by atoms with van der Waals surface area (Å²) in [6.07, 6.45) is 4.68. The number of hydrogen-bond acceptors (Lipinski definition) is 5. The second kappa shape index (κ2) is 7.81. The minimum absolute atomic E-state index is 0.188. The number of ether oxygens (including phenoxy) is 1. The van der Waals surface area contributed by atoms with Gasteiger partial charge in [-0.2, -0.15) is 0 Å². The van der Waals surface area contributed by atoms with Gasteiger partial charge in [0.1, 0.15) is 0 Å². The Hall–Kier alpha value is -2.57. The van der Waals surface area contributed by atoms with Crippen LogP contribution >= 0.6 is 11.8 Å². The third kappa shape index (κ3) is 3.70. The largest absolute Gasteiger partial charge is 0.341 e. The van der Waals surface area contributed by atoms with Gasteiger partial charge in [0.15, 0.2) is 0 Å². The number of benzene rings is 2. The molecule has 4 rings (SSSR count). The first kappa shape index (κ1) is 18.8. The maximum Gasteiger partial charge on any atom is 0.230 e. The van der Waals surface area contributed by atoms with Crippen LogP contribution < -0.4 is 10.2 Å². The normalized spacial score (nSPS) is 20.2. The number of anilines is 1. The van der Waals surface area contributed by atoms with Crippen molar-refractivity contribution in [2.75, 3.05) is 18.1 Å². The van der Waals surface area contributed by atoms with Gasteiger partial charge in [-0.1, -0.05) is 61.2 Å². The third-order valence-corrected chi connectivity index (χ3v) is 6.14. The molecule has 2 aromatic rings. The van der Waals surface area contributed by atoms with Gasteiger partial charge in [0.2, 0.25) is 16.9 Å². The van der Waals surface area contributed by atoms with Crippen LogP contribution in [0.2, 0.25) is 0 Å². The van der Waals surface area contributed by atoms with E-state index in [2.05, 4.69) is 34.5 Å². The standard InChI is InChI=1S/C22H22N2O3S/c1-2-20(25)23-21(26)15-17-8-9-18-19(14-17)28-22(24(18)12-13-27-22)11-10-16-6-4-3-5-7-16/h3-11,14H,2,12-13,15H2,1H3,(H,23,25,26)/b11-10+. The number of rotatable bonds is 5. The van der Waals surface area contributed by atoms with Gasteiger partial charge in [-0.05, 0) is 29.3 Å². The quantitative estimate of drug-likeness (QED) is 0.840. The average Bonchev–Trinajstić information content (AvgIpc) is 3.23. The monoisotopic (exact) mass is 394 g/mol. The Kier molecular flexibility index (Phi) is 5.24. The highest BCUT2D eigenvalue weighted by Crippen LogP contribution is 2.54. The summed E-state index contributed by atoms with van der Waals surface area (Å²) in [7, 11) is 0. The molecule has 0 radical (unpaired) electrons. The molecule has 1 fully saturated rings. The zero-order valence-corrected chi connectivity index (χ0v) is 16.5. The van der Waals surface area contributed by atoms with Crippen LogP contribution in [-0.2, 0) is 20.7 Å². The number of fused-ring (bicyclic) bond motifs is 3. The van der Waals surface area contributed by atoms with E-state index in [-0.39, 0.29) is 18.2 Å². The van der Waals surface area contributed by atoms with Crippen molar-refractivity contribution in [2.24, 2.45) is 0 Å². The van der Waals surface area contributed by atoms with Gasteiger partial charge in [-0.15, -0.1) is 0 Å². The molecular weight excluding hydrogens is 372 g/mol. The van der Waals surface area contributed by atoms with Gasteiger partial charge < -0.3 is 9.64 Å². The summed E-state index contributed by atoms with van der Waals surface area (Å²) in [6, 6.07) is 16.2. The van der Waals surface area contributed by atoms with Gasteiger partial charge >= 0.3 is 0 Å². The lowest BCUT2D eigenvalue weighted by Crippen LogP contribution is -2.36. The van der Waals surface area contributed by atoms with Crippen molar-refractivity contribution in [3.63, 3.8) is 0 Å². The molecule has 1 unspecified atom stereocenters. The Morgan fingerprint density at radius 3 is 2.82 bits per heavy atom. The smallest absolute Gasteiger partial charge is 0.230 e. The Bertz CT molecular complexity index is 929. The van der Waals surface area contributed by atoms with Crippen molar-refractivity contribution in [3.8, 4) is 0 Å². The van der Waals surface area contributed by atoms with E-state index in [0.717, 1.165) is 28.3 Å². The molecule has 144 valence electrons. The Labute approximate surface area is 168 Å². The molecule has 2 amide bonds. The molecule has 2 aliphatic heterocycles. The molecule has 0 saturated carbocycles. The molecule has 6 heteroatoms. The molecule has 5 nitrogen and oxygen atoms in total. The molecule has 28 heavy (non-hydrogen) atoms. The predicted octanol–water partition coefficient (Wildman–Crippen LogP) is 3.59. The topological polar surface area (TPSA) is 58.6 Å². The fourth-order valence-electron chi connectivity index (χ4n) is 3.43. The molecule has 2 aromatic carbocycles. The molecule has 0 bridgehead atoms.